The fourth-order valence-corrected chi connectivity index (χ4v) is 4.43. The van der Waals surface area contributed by atoms with Crippen molar-refractivity contribution in [3.63, 3.8) is 0 Å². The predicted molar refractivity (Wildman–Crippen MR) is 111 cm³/mol. The fourth-order valence-electron chi connectivity index (χ4n) is 3.63. The molecule has 170 valence electrons. The van der Waals surface area contributed by atoms with Crippen molar-refractivity contribution in [2.45, 2.75) is 24.0 Å². The molecule has 1 aliphatic heterocycles. The number of nitrogens with two attached hydrogens (primary N) is 1. The summed E-state index contributed by atoms with van der Waals surface area (Å²) in [7, 11) is -3.07. The maximum absolute atomic E-state index is 13.2. The molecule has 2 amide bonds. The van der Waals surface area contributed by atoms with Crippen LogP contribution in [0, 0.1) is 22.7 Å². The number of benzene rings is 2. The van der Waals surface area contributed by atoms with E-state index in [0.717, 1.165) is 34.1 Å². The fraction of sp³-hybridized carbons (Fsp3) is 0.190. The Kier molecular flexibility index (Phi) is 5.94. The van der Waals surface area contributed by atoms with E-state index < -0.39 is 38.7 Å². The van der Waals surface area contributed by atoms with Crippen molar-refractivity contribution >= 4 is 21.7 Å². The Balaban J connectivity index is 2.25. The molecule has 33 heavy (non-hydrogen) atoms. The number of allylic oxidation sites excluding steroid dienone is 1. The Morgan fingerprint density at radius 1 is 1.09 bits per heavy atom. The van der Waals surface area contributed by atoms with Crippen molar-refractivity contribution in [2.24, 2.45) is 5.14 Å². The molecule has 0 aliphatic carbocycles. The summed E-state index contributed by atoms with van der Waals surface area (Å²) in [5.74, 6) is 0. The quantitative estimate of drug-likeness (QED) is 0.724. The lowest BCUT2D eigenvalue weighted by atomic mass is 9.93. The number of carbonyl (C=O) groups excluding carboxylic acids is 1. The highest BCUT2D eigenvalue weighted by Crippen LogP contribution is 2.41. The van der Waals surface area contributed by atoms with E-state index >= 15 is 0 Å². The van der Waals surface area contributed by atoms with Crippen LogP contribution >= 0.6 is 0 Å². The maximum atomic E-state index is 13.2. The number of nitrogens with zero attached hydrogens (tertiary/aromatic N) is 4. The number of halogens is 3. The second-order valence-corrected chi connectivity index (χ2v) is 8.73. The van der Waals surface area contributed by atoms with E-state index in [9.17, 15) is 31.6 Å². The van der Waals surface area contributed by atoms with E-state index in [0.29, 0.717) is 0 Å². The standard InChI is InChI=1S/C21H16F3N5O3S/c1-12-17(11-26)19(16-7-6-13(10-25)8-18(16)33(27,31)32)28(2)20(30)29(12)15-5-3-4-14(9-15)21(22,23)24/h3-9,19H,1-2H3,(H2,27,31,32). The summed E-state index contributed by atoms with van der Waals surface area (Å²) in [4.78, 5) is 14.8. The molecule has 1 atom stereocenters. The monoisotopic (exact) mass is 475 g/mol. The molecular formula is C21H16F3N5O3S. The van der Waals surface area contributed by atoms with Gasteiger partial charge in [-0.1, -0.05) is 12.1 Å². The summed E-state index contributed by atoms with van der Waals surface area (Å²) in [6, 6.07) is 9.40. The molecule has 0 radical (unpaired) electrons. The van der Waals surface area contributed by atoms with Crippen molar-refractivity contribution in [3.05, 3.63) is 70.4 Å². The van der Waals surface area contributed by atoms with Crippen LogP contribution in [-0.4, -0.2) is 26.4 Å². The minimum absolute atomic E-state index is 0.00244. The van der Waals surface area contributed by atoms with Crippen LogP contribution in [0.2, 0.25) is 0 Å². The molecule has 1 aliphatic rings. The van der Waals surface area contributed by atoms with Crippen molar-refractivity contribution in [1.29, 1.82) is 10.5 Å². The van der Waals surface area contributed by atoms with Crippen molar-refractivity contribution in [3.8, 4) is 12.1 Å². The predicted octanol–water partition coefficient (Wildman–Crippen LogP) is 3.64. The van der Waals surface area contributed by atoms with Gasteiger partial charge in [0.05, 0.1) is 45.5 Å². The zero-order chi connectivity index (χ0) is 24.7. The molecule has 8 nitrogen and oxygen atoms in total. The topological polar surface area (TPSA) is 131 Å². The molecule has 0 bridgehead atoms. The van der Waals surface area contributed by atoms with Gasteiger partial charge in [-0.3, -0.25) is 4.90 Å². The molecule has 0 spiro atoms. The number of rotatable bonds is 3. The van der Waals surface area contributed by atoms with Gasteiger partial charge >= 0.3 is 12.2 Å². The summed E-state index contributed by atoms with van der Waals surface area (Å²) < 4.78 is 63.9. The first-order chi connectivity index (χ1) is 15.3. The molecule has 0 saturated heterocycles. The summed E-state index contributed by atoms with van der Waals surface area (Å²) in [5.41, 5.74) is -1.17. The van der Waals surface area contributed by atoms with E-state index in [1.807, 2.05) is 6.07 Å². The van der Waals surface area contributed by atoms with Crippen LogP contribution in [0.15, 0.2) is 58.6 Å². The summed E-state index contributed by atoms with van der Waals surface area (Å²) in [6.07, 6.45) is -4.65. The van der Waals surface area contributed by atoms with Crippen LogP contribution in [0.25, 0.3) is 0 Å². The Morgan fingerprint density at radius 2 is 1.76 bits per heavy atom. The van der Waals surface area contributed by atoms with Crippen LogP contribution in [-0.2, 0) is 16.2 Å². The van der Waals surface area contributed by atoms with Crippen LogP contribution in [0.4, 0.5) is 23.7 Å². The van der Waals surface area contributed by atoms with Crippen LogP contribution in [0.1, 0.15) is 29.7 Å². The number of urea groups is 1. The Labute approximate surface area is 187 Å². The zero-order valence-electron chi connectivity index (χ0n) is 17.3. The van der Waals surface area contributed by atoms with Gasteiger partial charge in [-0.25, -0.2) is 18.4 Å². The van der Waals surface area contributed by atoms with Gasteiger partial charge in [0, 0.05) is 18.3 Å². The van der Waals surface area contributed by atoms with Crippen LogP contribution < -0.4 is 10.0 Å². The second-order valence-electron chi connectivity index (χ2n) is 7.20. The Morgan fingerprint density at radius 3 is 2.30 bits per heavy atom. The van der Waals surface area contributed by atoms with Gasteiger partial charge in [0.15, 0.2) is 0 Å². The summed E-state index contributed by atoms with van der Waals surface area (Å²) in [5, 5.41) is 24.3. The van der Waals surface area contributed by atoms with Gasteiger partial charge in [-0.15, -0.1) is 0 Å². The third-order valence-corrected chi connectivity index (χ3v) is 6.14. The highest BCUT2D eigenvalue weighted by molar-refractivity contribution is 7.89. The number of sulfonamides is 1. The van der Waals surface area contributed by atoms with Crippen molar-refractivity contribution in [2.75, 3.05) is 11.9 Å². The summed E-state index contributed by atoms with van der Waals surface area (Å²) >= 11 is 0. The normalized spacial score (nSPS) is 17.1. The van der Waals surface area contributed by atoms with Gasteiger partial charge < -0.3 is 4.90 Å². The molecule has 2 N–H and O–H groups in total. The molecule has 2 aromatic rings. The van der Waals surface area contributed by atoms with Gasteiger partial charge in [0.2, 0.25) is 10.0 Å². The van der Waals surface area contributed by atoms with Crippen molar-refractivity contribution < 1.29 is 26.4 Å². The molecule has 1 unspecified atom stereocenters. The average molecular weight is 475 g/mol. The van der Waals surface area contributed by atoms with Crippen LogP contribution in [0.5, 0.6) is 0 Å². The van der Waals surface area contributed by atoms with Crippen molar-refractivity contribution in [1.82, 2.24) is 4.90 Å². The minimum Gasteiger partial charge on any atom is -0.315 e. The van der Waals surface area contributed by atoms with E-state index in [4.69, 9.17) is 10.4 Å². The van der Waals surface area contributed by atoms with E-state index in [2.05, 4.69) is 0 Å². The SMILES string of the molecule is CC1=C(C#N)C(c2ccc(C#N)cc2S(N)(=O)=O)N(C)C(=O)N1c1cccc(C(F)(F)F)c1. The number of anilines is 1. The van der Waals surface area contributed by atoms with Gasteiger partial charge in [0.25, 0.3) is 0 Å². The number of hydrogen-bond donors (Lipinski definition) is 1. The second kappa shape index (κ2) is 8.24. The number of hydrogen-bond acceptors (Lipinski definition) is 5. The molecule has 0 saturated carbocycles. The molecule has 2 aromatic carbocycles. The molecule has 3 rings (SSSR count). The van der Waals surface area contributed by atoms with E-state index in [1.165, 1.54) is 32.2 Å². The lowest BCUT2D eigenvalue weighted by Crippen LogP contribution is -2.48. The highest BCUT2D eigenvalue weighted by Gasteiger charge is 2.40. The van der Waals surface area contributed by atoms with E-state index in [1.54, 1.807) is 6.07 Å². The minimum atomic E-state index is -4.65. The third-order valence-electron chi connectivity index (χ3n) is 5.17. The molecule has 12 heteroatoms. The number of primary sulfonamides is 1. The lowest BCUT2D eigenvalue weighted by Gasteiger charge is -2.40. The zero-order valence-corrected chi connectivity index (χ0v) is 18.1. The Hall–Kier alpha value is -3.87. The number of alkyl halides is 3. The lowest BCUT2D eigenvalue weighted by molar-refractivity contribution is -0.137. The van der Waals surface area contributed by atoms with Crippen LogP contribution in [0.3, 0.4) is 0 Å². The van der Waals surface area contributed by atoms with E-state index in [-0.39, 0.29) is 28.1 Å². The highest BCUT2D eigenvalue weighted by atomic mass is 32.2. The largest absolute Gasteiger partial charge is 0.416 e. The number of nitriles is 2. The number of amides is 2. The molecule has 1 heterocycles. The first-order valence-electron chi connectivity index (χ1n) is 9.23. The number of likely N-dealkylation sites (N-methyl/N-ethyl adjacent to an activating group) is 1. The summed E-state index contributed by atoms with van der Waals surface area (Å²) in [6.45, 7) is 1.37. The molecular weight excluding hydrogens is 459 g/mol. The Bertz CT molecular complexity index is 1370. The average Bonchev–Trinajstić information content (AvgIpc) is 2.75. The molecule has 0 aromatic heterocycles. The molecule has 0 fully saturated rings. The van der Waals surface area contributed by atoms with Gasteiger partial charge in [-0.2, -0.15) is 23.7 Å². The van der Waals surface area contributed by atoms with Gasteiger partial charge in [-0.05, 0) is 37.3 Å². The first-order valence-corrected chi connectivity index (χ1v) is 10.8. The third kappa shape index (κ3) is 4.26. The smallest absolute Gasteiger partial charge is 0.315 e. The number of carbonyl (C=O) groups is 1. The van der Waals surface area contributed by atoms with Gasteiger partial charge in [0.1, 0.15) is 0 Å². The maximum Gasteiger partial charge on any atom is 0.416 e. The first kappa shape index (κ1) is 23.8.